The lowest BCUT2D eigenvalue weighted by Crippen LogP contribution is -2.32. The summed E-state index contributed by atoms with van der Waals surface area (Å²) in [5.74, 6) is 0.583. The fourth-order valence-corrected chi connectivity index (χ4v) is 2.51. The van der Waals surface area contributed by atoms with Crippen molar-refractivity contribution in [2.75, 3.05) is 0 Å². The summed E-state index contributed by atoms with van der Waals surface area (Å²) >= 11 is 9.26. The van der Waals surface area contributed by atoms with E-state index in [1.54, 1.807) is 18.2 Å². The van der Waals surface area contributed by atoms with Crippen molar-refractivity contribution in [2.24, 2.45) is 5.92 Å². The van der Waals surface area contributed by atoms with Crippen LogP contribution in [0.3, 0.4) is 0 Å². The lowest BCUT2D eigenvalue weighted by molar-refractivity contribution is 0.0937. The van der Waals surface area contributed by atoms with Gasteiger partial charge in [-0.2, -0.15) is 0 Å². The standard InChI is InChI=1S/C14H19BrClNO/c1-9(2)4-5-10(3)17-14(18)11-6-12(15)8-13(16)7-11/h6-10H,4-5H2,1-3H3,(H,17,18). The molecule has 0 heterocycles. The molecule has 100 valence electrons. The highest BCUT2D eigenvalue weighted by molar-refractivity contribution is 9.10. The van der Waals surface area contributed by atoms with E-state index >= 15 is 0 Å². The predicted octanol–water partition coefficient (Wildman–Crippen LogP) is 4.66. The van der Waals surface area contributed by atoms with Crippen molar-refractivity contribution in [2.45, 2.75) is 39.7 Å². The number of carbonyl (C=O) groups is 1. The van der Waals surface area contributed by atoms with Crippen LogP contribution in [0.4, 0.5) is 0 Å². The van der Waals surface area contributed by atoms with Crippen molar-refractivity contribution >= 4 is 33.4 Å². The van der Waals surface area contributed by atoms with Crippen molar-refractivity contribution < 1.29 is 4.79 Å². The zero-order valence-corrected chi connectivity index (χ0v) is 13.3. The molecule has 1 atom stereocenters. The van der Waals surface area contributed by atoms with Crippen LogP contribution < -0.4 is 5.32 Å². The molecule has 0 saturated heterocycles. The molecular weight excluding hydrogens is 314 g/mol. The minimum atomic E-state index is -0.0746. The van der Waals surface area contributed by atoms with Gasteiger partial charge in [-0.15, -0.1) is 0 Å². The number of carbonyl (C=O) groups excluding carboxylic acids is 1. The van der Waals surface area contributed by atoms with Gasteiger partial charge in [-0.1, -0.05) is 41.4 Å². The largest absolute Gasteiger partial charge is 0.350 e. The van der Waals surface area contributed by atoms with Crippen LogP contribution >= 0.6 is 27.5 Å². The van der Waals surface area contributed by atoms with E-state index in [1.807, 2.05) is 6.92 Å². The Bertz CT molecular complexity index is 400. The van der Waals surface area contributed by atoms with Gasteiger partial charge in [-0.25, -0.2) is 0 Å². The zero-order chi connectivity index (χ0) is 13.7. The minimum Gasteiger partial charge on any atom is -0.350 e. The molecule has 0 aliphatic rings. The van der Waals surface area contributed by atoms with Crippen LogP contribution in [-0.2, 0) is 0 Å². The molecule has 1 unspecified atom stereocenters. The summed E-state index contributed by atoms with van der Waals surface area (Å²) in [4.78, 5) is 12.0. The van der Waals surface area contributed by atoms with Crippen LogP contribution in [0.15, 0.2) is 22.7 Å². The van der Waals surface area contributed by atoms with Gasteiger partial charge < -0.3 is 5.32 Å². The SMILES string of the molecule is CC(C)CCC(C)NC(=O)c1cc(Cl)cc(Br)c1. The monoisotopic (exact) mass is 331 g/mol. The summed E-state index contributed by atoms with van der Waals surface area (Å²) in [5.41, 5.74) is 0.589. The normalized spacial score (nSPS) is 12.6. The molecule has 0 aromatic heterocycles. The number of hydrogen-bond donors (Lipinski definition) is 1. The average Bonchev–Trinajstić information content (AvgIpc) is 2.25. The average molecular weight is 333 g/mol. The van der Waals surface area contributed by atoms with E-state index in [2.05, 4.69) is 35.1 Å². The molecule has 18 heavy (non-hydrogen) atoms. The first-order chi connectivity index (χ1) is 8.38. The number of nitrogens with one attached hydrogen (secondary N) is 1. The number of rotatable bonds is 5. The van der Waals surface area contributed by atoms with Crippen LogP contribution in [0.2, 0.25) is 5.02 Å². The summed E-state index contributed by atoms with van der Waals surface area (Å²) in [7, 11) is 0. The van der Waals surface area contributed by atoms with E-state index in [-0.39, 0.29) is 11.9 Å². The van der Waals surface area contributed by atoms with Crippen LogP contribution in [0.5, 0.6) is 0 Å². The Kier molecular flexibility index (Phi) is 6.16. The molecule has 1 rings (SSSR count). The lowest BCUT2D eigenvalue weighted by Gasteiger charge is -2.15. The Hall–Kier alpha value is -0.540. The maximum absolute atomic E-state index is 12.0. The Morgan fingerprint density at radius 3 is 2.50 bits per heavy atom. The van der Waals surface area contributed by atoms with Gasteiger partial charge >= 0.3 is 0 Å². The molecule has 4 heteroatoms. The third kappa shape index (κ3) is 5.40. The van der Waals surface area contributed by atoms with Crippen molar-refractivity contribution in [3.8, 4) is 0 Å². The number of amides is 1. The number of hydrogen-bond acceptors (Lipinski definition) is 1. The molecule has 2 nitrogen and oxygen atoms in total. The third-order valence-electron chi connectivity index (χ3n) is 2.68. The molecular formula is C14H19BrClNO. The van der Waals surface area contributed by atoms with Crippen molar-refractivity contribution in [1.82, 2.24) is 5.32 Å². The molecule has 0 radical (unpaired) electrons. The van der Waals surface area contributed by atoms with Crippen LogP contribution in [0.25, 0.3) is 0 Å². The summed E-state index contributed by atoms with van der Waals surface area (Å²) in [5, 5.41) is 3.55. The maximum atomic E-state index is 12.0. The molecule has 0 bridgehead atoms. The summed E-state index contributed by atoms with van der Waals surface area (Å²) in [6.07, 6.45) is 2.10. The molecule has 1 aromatic rings. The van der Waals surface area contributed by atoms with Gasteiger partial charge in [0.25, 0.3) is 5.91 Å². The second-order valence-corrected chi connectivity index (χ2v) is 6.36. The van der Waals surface area contributed by atoms with Gasteiger partial charge in [0.1, 0.15) is 0 Å². The van der Waals surface area contributed by atoms with E-state index in [0.717, 1.165) is 17.3 Å². The predicted molar refractivity (Wildman–Crippen MR) is 80.2 cm³/mol. The minimum absolute atomic E-state index is 0.0746. The van der Waals surface area contributed by atoms with E-state index < -0.39 is 0 Å². The van der Waals surface area contributed by atoms with E-state index in [0.29, 0.717) is 16.5 Å². The van der Waals surface area contributed by atoms with Gasteiger partial charge in [-0.3, -0.25) is 4.79 Å². The van der Waals surface area contributed by atoms with Gasteiger partial charge in [0.2, 0.25) is 0 Å². The lowest BCUT2D eigenvalue weighted by atomic mass is 10.0. The van der Waals surface area contributed by atoms with Crippen LogP contribution in [0.1, 0.15) is 44.0 Å². The van der Waals surface area contributed by atoms with Crippen LogP contribution in [-0.4, -0.2) is 11.9 Å². The molecule has 0 spiro atoms. The Morgan fingerprint density at radius 1 is 1.28 bits per heavy atom. The highest BCUT2D eigenvalue weighted by Crippen LogP contribution is 2.19. The van der Waals surface area contributed by atoms with Crippen molar-refractivity contribution in [3.63, 3.8) is 0 Å². The van der Waals surface area contributed by atoms with E-state index in [1.165, 1.54) is 0 Å². The molecule has 1 amide bonds. The first-order valence-corrected chi connectivity index (χ1v) is 7.32. The highest BCUT2D eigenvalue weighted by Gasteiger charge is 2.11. The number of benzene rings is 1. The molecule has 0 aliphatic carbocycles. The van der Waals surface area contributed by atoms with Gasteiger partial charge in [-0.05, 0) is 43.9 Å². The fourth-order valence-electron chi connectivity index (χ4n) is 1.65. The maximum Gasteiger partial charge on any atom is 0.251 e. The second kappa shape index (κ2) is 7.15. The molecule has 1 aromatic carbocycles. The molecule has 0 fully saturated rings. The Balaban J connectivity index is 2.59. The van der Waals surface area contributed by atoms with Crippen molar-refractivity contribution in [1.29, 1.82) is 0 Å². The van der Waals surface area contributed by atoms with E-state index in [4.69, 9.17) is 11.6 Å². The fraction of sp³-hybridized carbons (Fsp3) is 0.500. The quantitative estimate of drug-likeness (QED) is 0.835. The van der Waals surface area contributed by atoms with Gasteiger partial charge in [0.15, 0.2) is 0 Å². The number of halogens is 2. The third-order valence-corrected chi connectivity index (χ3v) is 3.36. The van der Waals surface area contributed by atoms with Gasteiger partial charge in [0.05, 0.1) is 0 Å². The molecule has 0 aliphatic heterocycles. The molecule has 1 N–H and O–H groups in total. The zero-order valence-electron chi connectivity index (χ0n) is 11.0. The highest BCUT2D eigenvalue weighted by atomic mass is 79.9. The summed E-state index contributed by atoms with van der Waals surface area (Å²) in [6, 6.07) is 5.39. The smallest absolute Gasteiger partial charge is 0.251 e. The summed E-state index contributed by atoms with van der Waals surface area (Å²) in [6.45, 7) is 6.39. The second-order valence-electron chi connectivity index (χ2n) is 5.00. The first kappa shape index (κ1) is 15.5. The van der Waals surface area contributed by atoms with Gasteiger partial charge in [0, 0.05) is 21.1 Å². The van der Waals surface area contributed by atoms with Crippen molar-refractivity contribution in [3.05, 3.63) is 33.3 Å². The first-order valence-electron chi connectivity index (χ1n) is 6.15. The topological polar surface area (TPSA) is 29.1 Å². The molecule has 0 saturated carbocycles. The van der Waals surface area contributed by atoms with E-state index in [9.17, 15) is 4.79 Å². The van der Waals surface area contributed by atoms with Crippen LogP contribution in [0, 0.1) is 5.92 Å². The summed E-state index contributed by atoms with van der Waals surface area (Å²) < 4.78 is 0.815. The Morgan fingerprint density at radius 2 is 1.94 bits per heavy atom. The Labute approximate surface area is 122 Å².